The van der Waals surface area contributed by atoms with Crippen LogP contribution in [0.25, 0.3) is 0 Å². The first kappa shape index (κ1) is 23.3. The van der Waals surface area contributed by atoms with E-state index in [0.29, 0.717) is 22.4 Å². The second-order valence-electron chi connectivity index (χ2n) is 9.89. The summed E-state index contributed by atoms with van der Waals surface area (Å²) in [5.74, 6) is 0.967. The van der Waals surface area contributed by atoms with Gasteiger partial charge in [0.05, 0.1) is 10.8 Å². The fourth-order valence-electron chi connectivity index (χ4n) is 3.97. The number of nitrogens with one attached hydrogen (secondary N) is 1. The number of carbonyl (C=O) groups excluding carboxylic acids is 1. The Morgan fingerprint density at radius 1 is 1.23 bits per heavy atom. The lowest BCUT2D eigenvalue weighted by Gasteiger charge is -2.34. The van der Waals surface area contributed by atoms with Crippen LogP contribution < -0.4 is 5.32 Å². The molecule has 1 aliphatic rings. The molecule has 0 spiro atoms. The van der Waals surface area contributed by atoms with Gasteiger partial charge in [-0.1, -0.05) is 58.5 Å². The van der Waals surface area contributed by atoms with Crippen molar-refractivity contribution in [2.75, 3.05) is 5.32 Å². The molecular weight excluding hydrogens is 402 g/mol. The highest BCUT2D eigenvalue weighted by atomic mass is 32.2. The average molecular weight is 436 g/mol. The van der Waals surface area contributed by atoms with Gasteiger partial charge in [-0.2, -0.15) is 5.26 Å². The van der Waals surface area contributed by atoms with E-state index in [1.165, 1.54) is 22.9 Å². The molecule has 1 amide bonds. The smallest absolute Gasteiger partial charge is 0.237 e. The average Bonchev–Trinajstić information content (AvgIpc) is 2.72. The maximum absolute atomic E-state index is 12.7. The predicted molar refractivity (Wildman–Crippen MR) is 128 cm³/mol. The van der Waals surface area contributed by atoms with Gasteiger partial charge in [0.25, 0.3) is 0 Å². The van der Waals surface area contributed by atoms with Crippen molar-refractivity contribution < 1.29 is 4.79 Å². The molecule has 0 saturated heterocycles. The van der Waals surface area contributed by atoms with E-state index in [-0.39, 0.29) is 16.6 Å². The molecule has 0 fully saturated rings. The highest BCUT2D eigenvalue weighted by Crippen LogP contribution is 2.38. The first-order valence-corrected chi connectivity index (χ1v) is 12.0. The van der Waals surface area contributed by atoms with E-state index in [9.17, 15) is 10.1 Å². The molecule has 2 atom stereocenters. The van der Waals surface area contributed by atoms with E-state index < -0.39 is 0 Å². The lowest BCUT2D eigenvalue weighted by Crippen LogP contribution is -2.27. The van der Waals surface area contributed by atoms with E-state index in [1.54, 1.807) is 0 Å². The Hall–Kier alpha value is -2.32. The number of benzene rings is 1. The van der Waals surface area contributed by atoms with E-state index in [4.69, 9.17) is 4.98 Å². The van der Waals surface area contributed by atoms with Gasteiger partial charge >= 0.3 is 0 Å². The normalized spacial score (nSPS) is 17.0. The minimum absolute atomic E-state index is 0.0847. The molecule has 0 aliphatic heterocycles. The molecule has 1 heterocycles. The first-order chi connectivity index (χ1) is 14.6. The zero-order valence-corrected chi connectivity index (χ0v) is 20.3. The van der Waals surface area contributed by atoms with Gasteiger partial charge in [-0.05, 0) is 72.8 Å². The van der Waals surface area contributed by atoms with E-state index in [0.717, 1.165) is 30.6 Å². The largest absolute Gasteiger partial charge is 0.325 e. The molecule has 1 N–H and O–H groups in total. The van der Waals surface area contributed by atoms with E-state index >= 15 is 0 Å². The van der Waals surface area contributed by atoms with Gasteiger partial charge in [-0.15, -0.1) is 0 Å². The number of hydrogen-bond acceptors (Lipinski definition) is 4. The van der Waals surface area contributed by atoms with Crippen molar-refractivity contribution in [1.29, 1.82) is 5.26 Å². The molecule has 1 aromatic heterocycles. The lowest BCUT2D eigenvalue weighted by atomic mass is 9.71. The molecule has 164 valence electrons. The second-order valence-corrected chi connectivity index (χ2v) is 11.2. The van der Waals surface area contributed by atoms with Crippen LogP contribution in [0.2, 0.25) is 0 Å². The maximum Gasteiger partial charge on any atom is 0.237 e. The van der Waals surface area contributed by atoms with Gasteiger partial charge in [0, 0.05) is 11.4 Å². The molecule has 5 heteroatoms. The zero-order chi connectivity index (χ0) is 22.8. The third kappa shape index (κ3) is 5.68. The van der Waals surface area contributed by atoms with Gasteiger partial charge < -0.3 is 5.32 Å². The number of pyridine rings is 1. The molecule has 1 aliphatic carbocycles. The monoisotopic (exact) mass is 435 g/mol. The number of hydrogen-bond donors (Lipinski definition) is 1. The lowest BCUT2D eigenvalue weighted by molar-refractivity contribution is -0.115. The molecule has 0 saturated carbocycles. The van der Waals surface area contributed by atoms with Crippen LogP contribution in [0, 0.1) is 22.7 Å². The molecule has 0 radical (unpaired) electrons. The first-order valence-electron chi connectivity index (χ1n) is 11.1. The standard InChI is InChI=1S/C26H33N3OS/c1-16(2)18-7-10-22(11-8-18)28-24(30)17(3)31-25-20(15-27)13-19-14-21(26(4,5)6)9-12-23(19)29-25/h7-8,10-11,13,16-17,21H,9,12,14H2,1-6H3,(H,28,30). The quantitative estimate of drug-likeness (QED) is 0.556. The van der Waals surface area contributed by atoms with E-state index in [2.05, 4.69) is 46.0 Å². The number of rotatable bonds is 5. The zero-order valence-electron chi connectivity index (χ0n) is 19.5. The number of amides is 1. The fraction of sp³-hybridized carbons (Fsp3) is 0.500. The van der Waals surface area contributed by atoms with Crippen molar-refractivity contribution in [3.8, 4) is 6.07 Å². The molecule has 2 aromatic rings. The van der Waals surface area contributed by atoms with Gasteiger partial charge in [0.1, 0.15) is 11.1 Å². The SMILES string of the molecule is CC(Sc1nc2c(cc1C#N)CC(C(C)(C)C)CC2)C(=O)Nc1ccc(C(C)C)cc1. The van der Waals surface area contributed by atoms with Gasteiger partial charge in [-0.25, -0.2) is 4.98 Å². The topological polar surface area (TPSA) is 65.8 Å². The summed E-state index contributed by atoms with van der Waals surface area (Å²) in [5.41, 5.74) is 5.12. The van der Waals surface area contributed by atoms with Crippen LogP contribution in [0.1, 0.15) is 76.3 Å². The van der Waals surface area contributed by atoms with Gasteiger partial charge in [0.15, 0.2) is 0 Å². The Morgan fingerprint density at radius 2 is 1.90 bits per heavy atom. The predicted octanol–water partition coefficient (Wildman–Crippen LogP) is 6.35. The molecular formula is C26H33N3OS. The second kappa shape index (κ2) is 9.44. The summed E-state index contributed by atoms with van der Waals surface area (Å²) in [7, 11) is 0. The van der Waals surface area contributed by atoms with Crippen LogP contribution >= 0.6 is 11.8 Å². The summed E-state index contributed by atoms with van der Waals surface area (Å²) in [4.78, 5) is 17.6. The number of thioether (sulfide) groups is 1. The Kier molecular flexibility index (Phi) is 7.11. The number of aryl methyl sites for hydroxylation is 1. The molecule has 0 bridgehead atoms. The van der Waals surface area contributed by atoms with Crippen molar-refractivity contribution in [1.82, 2.24) is 4.98 Å². The minimum atomic E-state index is -0.353. The highest BCUT2D eigenvalue weighted by molar-refractivity contribution is 8.00. The number of carbonyl (C=O) groups is 1. The van der Waals surface area contributed by atoms with Crippen LogP contribution in [0.3, 0.4) is 0 Å². The minimum Gasteiger partial charge on any atom is -0.325 e. The summed E-state index contributed by atoms with van der Waals surface area (Å²) >= 11 is 1.36. The number of anilines is 1. The van der Waals surface area contributed by atoms with Crippen LogP contribution in [0.15, 0.2) is 35.4 Å². The van der Waals surface area contributed by atoms with Crippen molar-refractivity contribution >= 4 is 23.4 Å². The van der Waals surface area contributed by atoms with Crippen molar-refractivity contribution in [2.24, 2.45) is 11.3 Å². The summed E-state index contributed by atoms with van der Waals surface area (Å²) in [6.45, 7) is 13.0. The third-order valence-electron chi connectivity index (χ3n) is 6.20. The van der Waals surface area contributed by atoms with Crippen molar-refractivity contribution in [2.45, 2.75) is 77.0 Å². The summed E-state index contributed by atoms with van der Waals surface area (Å²) < 4.78 is 0. The Balaban J connectivity index is 1.71. The third-order valence-corrected chi connectivity index (χ3v) is 7.30. The number of nitrogens with zero attached hydrogens (tertiary/aromatic N) is 2. The number of aromatic nitrogens is 1. The Labute approximate surface area is 190 Å². The van der Waals surface area contributed by atoms with Gasteiger partial charge in [0.2, 0.25) is 5.91 Å². The van der Waals surface area contributed by atoms with Gasteiger partial charge in [-0.3, -0.25) is 4.79 Å². The highest BCUT2D eigenvalue weighted by Gasteiger charge is 2.30. The number of fused-ring (bicyclic) bond motifs is 1. The summed E-state index contributed by atoms with van der Waals surface area (Å²) in [5, 5.41) is 13.0. The number of nitriles is 1. The molecule has 1 aromatic carbocycles. The molecule has 4 nitrogen and oxygen atoms in total. The van der Waals surface area contributed by atoms with Crippen LogP contribution in [0.4, 0.5) is 5.69 Å². The Morgan fingerprint density at radius 3 is 2.48 bits per heavy atom. The molecule has 3 rings (SSSR count). The summed E-state index contributed by atoms with van der Waals surface area (Å²) in [6, 6.07) is 12.3. The summed E-state index contributed by atoms with van der Waals surface area (Å²) in [6.07, 6.45) is 3.01. The fourth-order valence-corrected chi connectivity index (χ4v) is 4.87. The molecule has 2 unspecified atom stereocenters. The molecule has 31 heavy (non-hydrogen) atoms. The maximum atomic E-state index is 12.7. The Bertz CT molecular complexity index is 983. The van der Waals surface area contributed by atoms with Crippen molar-refractivity contribution in [3.05, 3.63) is 52.7 Å². The van der Waals surface area contributed by atoms with E-state index in [1.807, 2.05) is 37.3 Å². The van der Waals surface area contributed by atoms with Crippen molar-refractivity contribution in [3.63, 3.8) is 0 Å². The van der Waals surface area contributed by atoms with Crippen LogP contribution in [-0.4, -0.2) is 16.1 Å². The van der Waals surface area contributed by atoms with Crippen LogP contribution in [-0.2, 0) is 17.6 Å². The van der Waals surface area contributed by atoms with Crippen LogP contribution in [0.5, 0.6) is 0 Å².